The number of hydrogen-bond acceptors (Lipinski definition) is 3. The Kier molecular flexibility index (Phi) is 4.44. The van der Waals surface area contributed by atoms with Crippen molar-refractivity contribution < 1.29 is 19.8 Å². The summed E-state index contributed by atoms with van der Waals surface area (Å²) in [7, 11) is 0. The number of carboxylic acids is 1. The van der Waals surface area contributed by atoms with Gasteiger partial charge in [-0.05, 0) is 32.9 Å². The first-order valence-corrected chi connectivity index (χ1v) is 5.61. The highest BCUT2D eigenvalue weighted by Crippen LogP contribution is 2.09. The van der Waals surface area contributed by atoms with Crippen LogP contribution in [0.2, 0.25) is 0 Å². The van der Waals surface area contributed by atoms with Crippen molar-refractivity contribution in [1.29, 1.82) is 0 Å². The van der Waals surface area contributed by atoms with E-state index >= 15 is 0 Å². The van der Waals surface area contributed by atoms with E-state index in [9.17, 15) is 14.7 Å². The predicted octanol–water partition coefficient (Wildman–Crippen LogP) is 0.867. The van der Waals surface area contributed by atoms with Gasteiger partial charge in [-0.3, -0.25) is 4.79 Å². The van der Waals surface area contributed by atoms with E-state index in [0.29, 0.717) is 5.56 Å². The number of nitrogens with one attached hydrogen (secondary N) is 1. The molecule has 1 aromatic rings. The lowest BCUT2D eigenvalue weighted by molar-refractivity contribution is -0.141. The number of carboxylic acid groups (broad SMARTS) is 1. The molecule has 0 saturated carbocycles. The summed E-state index contributed by atoms with van der Waals surface area (Å²) in [5, 5.41) is 20.5. The van der Waals surface area contributed by atoms with E-state index in [1.807, 2.05) is 19.9 Å². The summed E-state index contributed by atoms with van der Waals surface area (Å²) in [6, 6.07) is 3.95. The van der Waals surface area contributed by atoms with Gasteiger partial charge in [0.15, 0.2) is 6.04 Å². The van der Waals surface area contributed by atoms with Gasteiger partial charge < -0.3 is 15.5 Å². The summed E-state index contributed by atoms with van der Waals surface area (Å²) in [6.07, 6.45) is -1.16. The summed E-state index contributed by atoms with van der Waals surface area (Å²) >= 11 is 0. The van der Waals surface area contributed by atoms with Crippen LogP contribution in [0.5, 0.6) is 0 Å². The van der Waals surface area contributed by atoms with Crippen LogP contribution < -0.4 is 5.32 Å². The summed E-state index contributed by atoms with van der Waals surface area (Å²) in [5.74, 6) is -1.77. The topological polar surface area (TPSA) is 86.6 Å². The lowest BCUT2D eigenvalue weighted by Gasteiger charge is -2.17. The van der Waals surface area contributed by atoms with Gasteiger partial charge in [-0.25, -0.2) is 4.79 Å². The molecule has 1 amide bonds. The fraction of sp³-hybridized carbons (Fsp3) is 0.385. The molecule has 0 aliphatic rings. The fourth-order valence-electron chi connectivity index (χ4n) is 1.72. The molecule has 0 spiro atoms. The Morgan fingerprint density at radius 1 is 1.17 bits per heavy atom. The van der Waals surface area contributed by atoms with Crippen molar-refractivity contribution >= 4 is 11.9 Å². The summed E-state index contributed by atoms with van der Waals surface area (Å²) < 4.78 is 0. The molecule has 0 bridgehead atoms. The van der Waals surface area contributed by atoms with Gasteiger partial charge in [0.1, 0.15) is 0 Å². The Morgan fingerprint density at radius 3 is 2.06 bits per heavy atom. The minimum atomic E-state index is -1.31. The van der Waals surface area contributed by atoms with Gasteiger partial charge in [-0.15, -0.1) is 0 Å². The first-order valence-electron chi connectivity index (χ1n) is 5.61. The number of carbonyl (C=O) groups excluding carboxylic acids is 1. The van der Waals surface area contributed by atoms with Crippen LogP contribution in [0.1, 0.15) is 28.4 Å². The molecule has 0 aliphatic heterocycles. The van der Waals surface area contributed by atoms with E-state index in [1.54, 1.807) is 12.1 Å². The van der Waals surface area contributed by atoms with Gasteiger partial charge in [0.2, 0.25) is 0 Å². The molecule has 2 atom stereocenters. The lowest BCUT2D eigenvalue weighted by atomic mass is 10.1. The molecular weight excluding hydrogens is 234 g/mol. The minimum Gasteiger partial charge on any atom is -0.480 e. The number of aliphatic hydroxyl groups excluding tert-OH is 1. The van der Waals surface area contributed by atoms with Crippen molar-refractivity contribution in [3.8, 4) is 0 Å². The molecule has 0 unspecified atom stereocenters. The van der Waals surface area contributed by atoms with Gasteiger partial charge in [-0.1, -0.05) is 17.2 Å². The van der Waals surface area contributed by atoms with Crippen molar-refractivity contribution in [2.24, 2.45) is 0 Å². The Hall–Kier alpha value is -1.88. The van der Waals surface area contributed by atoms with Crippen LogP contribution in [0.25, 0.3) is 0 Å². The second kappa shape index (κ2) is 5.64. The van der Waals surface area contributed by atoms with Crippen molar-refractivity contribution in [1.82, 2.24) is 5.32 Å². The van der Waals surface area contributed by atoms with E-state index in [-0.39, 0.29) is 0 Å². The molecule has 0 radical (unpaired) electrons. The number of benzene rings is 1. The van der Waals surface area contributed by atoms with Crippen LogP contribution in [-0.2, 0) is 4.79 Å². The smallest absolute Gasteiger partial charge is 0.328 e. The number of aryl methyl sites for hydroxylation is 2. The van der Waals surface area contributed by atoms with Gasteiger partial charge in [0.05, 0.1) is 6.10 Å². The maximum atomic E-state index is 11.9. The van der Waals surface area contributed by atoms with Crippen LogP contribution >= 0.6 is 0 Å². The fourth-order valence-corrected chi connectivity index (χ4v) is 1.72. The van der Waals surface area contributed by atoms with Crippen molar-refractivity contribution in [3.05, 3.63) is 34.9 Å². The van der Waals surface area contributed by atoms with Crippen molar-refractivity contribution in [3.63, 3.8) is 0 Å². The third kappa shape index (κ3) is 3.56. The highest BCUT2D eigenvalue weighted by molar-refractivity contribution is 5.97. The Balaban J connectivity index is 2.90. The SMILES string of the molecule is Cc1cc(C)cc(C(=O)N[C@H](C(=O)O)[C@@H](C)O)c1. The third-order valence-corrected chi connectivity index (χ3v) is 2.52. The third-order valence-electron chi connectivity index (χ3n) is 2.52. The van der Waals surface area contributed by atoms with Crippen LogP contribution in [0.3, 0.4) is 0 Å². The van der Waals surface area contributed by atoms with Gasteiger partial charge in [-0.2, -0.15) is 0 Å². The highest BCUT2D eigenvalue weighted by Gasteiger charge is 2.25. The second-order valence-corrected chi connectivity index (χ2v) is 4.41. The van der Waals surface area contributed by atoms with E-state index < -0.39 is 24.0 Å². The molecule has 3 N–H and O–H groups in total. The van der Waals surface area contributed by atoms with Crippen LogP contribution in [-0.4, -0.2) is 34.2 Å². The van der Waals surface area contributed by atoms with E-state index in [2.05, 4.69) is 5.32 Å². The zero-order valence-electron chi connectivity index (χ0n) is 10.6. The Labute approximate surface area is 105 Å². The van der Waals surface area contributed by atoms with E-state index in [4.69, 9.17) is 5.11 Å². The maximum absolute atomic E-state index is 11.9. The molecule has 5 heteroatoms. The van der Waals surface area contributed by atoms with Gasteiger partial charge in [0, 0.05) is 5.56 Å². The number of amides is 1. The normalized spacial score (nSPS) is 13.8. The molecule has 0 aromatic heterocycles. The minimum absolute atomic E-state index is 0.388. The molecule has 0 heterocycles. The average molecular weight is 251 g/mol. The second-order valence-electron chi connectivity index (χ2n) is 4.41. The molecule has 1 aromatic carbocycles. The van der Waals surface area contributed by atoms with Crippen molar-refractivity contribution in [2.45, 2.75) is 32.9 Å². The van der Waals surface area contributed by atoms with Crippen LogP contribution in [0, 0.1) is 13.8 Å². The molecule has 98 valence electrons. The number of aliphatic carboxylic acids is 1. The average Bonchev–Trinajstić information content (AvgIpc) is 2.23. The monoisotopic (exact) mass is 251 g/mol. The number of rotatable bonds is 4. The van der Waals surface area contributed by atoms with Crippen LogP contribution in [0.4, 0.5) is 0 Å². The first-order chi connectivity index (χ1) is 8.31. The van der Waals surface area contributed by atoms with E-state index in [1.165, 1.54) is 6.92 Å². The summed E-state index contributed by atoms with van der Waals surface area (Å²) in [6.45, 7) is 5.03. The molecule has 0 aliphatic carbocycles. The molecular formula is C13H17NO4. The van der Waals surface area contributed by atoms with E-state index in [0.717, 1.165) is 11.1 Å². The van der Waals surface area contributed by atoms with Crippen LogP contribution in [0.15, 0.2) is 18.2 Å². The highest BCUT2D eigenvalue weighted by atomic mass is 16.4. The maximum Gasteiger partial charge on any atom is 0.328 e. The number of hydrogen-bond donors (Lipinski definition) is 3. The molecule has 0 fully saturated rings. The molecule has 1 rings (SSSR count). The summed E-state index contributed by atoms with van der Waals surface area (Å²) in [5.41, 5.74) is 2.23. The van der Waals surface area contributed by atoms with Gasteiger partial charge in [0.25, 0.3) is 5.91 Å². The Morgan fingerprint density at radius 2 is 1.67 bits per heavy atom. The quantitative estimate of drug-likeness (QED) is 0.741. The standard InChI is InChI=1S/C13H17NO4/c1-7-4-8(2)6-10(5-7)12(16)14-11(9(3)15)13(17)18/h4-6,9,11,15H,1-3H3,(H,14,16)(H,17,18)/t9-,11+/m1/s1. The number of aliphatic hydroxyl groups is 1. The van der Waals surface area contributed by atoms with Gasteiger partial charge >= 0.3 is 5.97 Å². The molecule has 0 saturated heterocycles. The molecule has 18 heavy (non-hydrogen) atoms. The Bertz CT molecular complexity index is 448. The predicted molar refractivity (Wildman–Crippen MR) is 66.5 cm³/mol. The molecule has 5 nitrogen and oxygen atoms in total. The number of carbonyl (C=O) groups is 2. The zero-order chi connectivity index (χ0) is 13.9. The van der Waals surface area contributed by atoms with Crippen molar-refractivity contribution in [2.75, 3.05) is 0 Å². The first kappa shape index (κ1) is 14.2. The summed E-state index contributed by atoms with van der Waals surface area (Å²) in [4.78, 5) is 22.7. The largest absolute Gasteiger partial charge is 0.480 e. The lowest BCUT2D eigenvalue weighted by Crippen LogP contribution is -2.47. The zero-order valence-corrected chi connectivity index (χ0v) is 10.6.